The summed E-state index contributed by atoms with van der Waals surface area (Å²) in [7, 11) is 0. The number of hydrogen-bond acceptors (Lipinski definition) is 0. The first-order chi connectivity index (χ1) is 6.65. The van der Waals surface area contributed by atoms with Crippen LogP contribution in [0.25, 0.3) is 0 Å². The van der Waals surface area contributed by atoms with Gasteiger partial charge in [0.1, 0.15) is 0 Å². The summed E-state index contributed by atoms with van der Waals surface area (Å²) in [4.78, 5) is 0. The van der Waals surface area contributed by atoms with Crippen LogP contribution in [-0.4, -0.2) is 0 Å². The Bertz CT molecular complexity index is 265. The third-order valence-electron chi connectivity index (χ3n) is 3.20. The Kier molecular flexibility index (Phi) is 5.34. The second kappa shape index (κ2) is 5.53. The van der Waals surface area contributed by atoms with Crippen molar-refractivity contribution in [1.29, 1.82) is 0 Å². The molecule has 0 aromatic carbocycles. The van der Waals surface area contributed by atoms with Crippen molar-refractivity contribution in [1.82, 2.24) is 0 Å². The molecule has 0 aromatic heterocycles. The first kappa shape index (κ1) is 14.5. The molecule has 0 saturated carbocycles. The Morgan fingerprint density at radius 2 is 1.27 bits per heavy atom. The van der Waals surface area contributed by atoms with Crippen molar-refractivity contribution < 1.29 is 0 Å². The molecule has 0 spiro atoms. The van der Waals surface area contributed by atoms with E-state index in [1.54, 1.807) is 5.57 Å². The van der Waals surface area contributed by atoms with Gasteiger partial charge in [-0.25, -0.2) is 0 Å². The molecule has 0 unspecified atom stereocenters. The van der Waals surface area contributed by atoms with E-state index in [2.05, 4.69) is 55.4 Å². The van der Waals surface area contributed by atoms with Crippen molar-refractivity contribution in [2.75, 3.05) is 0 Å². The average Bonchev–Trinajstić information content (AvgIpc) is 2.10. The molecule has 0 nitrogen and oxygen atoms in total. The van der Waals surface area contributed by atoms with Crippen LogP contribution in [0.2, 0.25) is 0 Å². The summed E-state index contributed by atoms with van der Waals surface area (Å²) in [5.41, 5.74) is 6.37. The summed E-state index contributed by atoms with van der Waals surface area (Å²) in [6.07, 6.45) is 2.49. The van der Waals surface area contributed by atoms with Crippen LogP contribution in [0.4, 0.5) is 0 Å². The van der Waals surface area contributed by atoms with Gasteiger partial charge < -0.3 is 0 Å². The van der Waals surface area contributed by atoms with Crippen LogP contribution in [0.3, 0.4) is 0 Å². The molecule has 88 valence electrons. The minimum absolute atomic E-state index is 0.445. The molecule has 0 aromatic rings. The molecular weight excluding hydrogens is 180 g/mol. The van der Waals surface area contributed by atoms with Crippen LogP contribution in [0, 0.1) is 5.41 Å². The molecular formula is C15H28. The molecule has 0 heteroatoms. The zero-order chi connectivity index (χ0) is 12.2. The van der Waals surface area contributed by atoms with E-state index in [1.165, 1.54) is 29.6 Å². The van der Waals surface area contributed by atoms with E-state index in [4.69, 9.17) is 0 Å². The Labute approximate surface area is 96.5 Å². The largest absolute Gasteiger partial charge is 0.0732 e. The smallest absolute Gasteiger partial charge is 0.0312 e. The number of allylic oxidation sites excluding steroid dienone is 4. The molecule has 15 heavy (non-hydrogen) atoms. The summed E-state index contributed by atoms with van der Waals surface area (Å²) in [5.74, 6) is 0. The van der Waals surface area contributed by atoms with Crippen LogP contribution in [0.15, 0.2) is 22.3 Å². The maximum Gasteiger partial charge on any atom is -0.0312 e. The first-order valence-electron chi connectivity index (χ1n) is 5.96. The van der Waals surface area contributed by atoms with Gasteiger partial charge in [0, 0.05) is 0 Å². The zero-order valence-electron chi connectivity index (χ0n) is 11.9. The van der Waals surface area contributed by atoms with Crippen molar-refractivity contribution in [3.63, 3.8) is 0 Å². The van der Waals surface area contributed by atoms with Gasteiger partial charge in [0.05, 0.1) is 0 Å². The van der Waals surface area contributed by atoms with Crippen molar-refractivity contribution in [3.8, 4) is 0 Å². The zero-order valence-corrected chi connectivity index (χ0v) is 11.9. The van der Waals surface area contributed by atoms with Crippen molar-refractivity contribution >= 4 is 0 Å². The molecule has 0 aliphatic carbocycles. The molecule has 0 aliphatic heterocycles. The Balaban J connectivity index is 4.62. The quantitative estimate of drug-likeness (QED) is 0.537. The minimum Gasteiger partial charge on any atom is -0.0732 e. The number of rotatable bonds is 3. The van der Waals surface area contributed by atoms with Crippen molar-refractivity contribution in [2.24, 2.45) is 5.41 Å². The third-order valence-corrected chi connectivity index (χ3v) is 3.20. The Morgan fingerprint density at radius 1 is 0.800 bits per heavy atom. The monoisotopic (exact) mass is 208 g/mol. The lowest BCUT2D eigenvalue weighted by Gasteiger charge is -2.19. The highest BCUT2D eigenvalue weighted by Crippen LogP contribution is 2.26. The Hall–Kier alpha value is -0.520. The van der Waals surface area contributed by atoms with Gasteiger partial charge in [-0.3, -0.25) is 0 Å². The van der Waals surface area contributed by atoms with Gasteiger partial charge in [-0.05, 0) is 64.0 Å². The van der Waals surface area contributed by atoms with Crippen molar-refractivity contribution in [3.05, 3.63) is 22.3 Å². The van der Waals surface area contributed by atoms with Crippen LogP contribution < -0.4 is 0 Å². The fourth-order valence-electron chi connectivity index (χ4n) is 1.45. The maximum absolute atomic E-state index is 2.31. The predicted octanol–water partition coefficient (Wildman–Crippen LogP) is 5.51. The molecule has 0 bridgehead atoms. The summed E-state index contributed by atoms with van der Waals surface area (Å²) in [5, 5.41) is 0. The normalized spacial score (nSPS) is 13.6. The lowest BCUT2D eigenvalue weighted by molar-refractivity contribution is 0.377. The SMILES string of the molecule is CC(C)=C(C)C(C)=C(C)CCC(C)(C)C. The second-order valence-corrected chi connectivity index (χ2v) is 6.09. The van der Waals surface area contributed by atoms with E-state index in [9.17, 15) is 0 Å². The number of hydrogen-bond donors (Lipinski definition) is 0. The highest BCUT2D eigenvalue weighted by Gasteiger charge is 2.10. The van der Waals surface area contributed by atoms with Crippen LogP contribution in [-0.2, 0) is 0 Å². The average molecular weight is 208 g/mol. The van der Waals surface area contributed by atoms with Crippen LogP contribution >= 0.6 is 0 Å². The first-order valence-corrected chi connectivity index (χ1v) is 5.96. The fourth-order valence-corrected chi connectivity index (χ4v) is 1.45. The van der Waals surface area contributed by atoms with E-state index < -0.39 is 0 Å². The molecule has 0 aliphatic rings. The lowest BCUT2D eigenvalue weighted by Crippen LogP contribution is -2.05. The van der Waals surface area contributed by atoms with E-state index in [1.807, 2.05) is 0 Å². The van der Waals surface area contributed by atoms with Gasteiger partial charge in [0.15, 0.2) is 0 Å². The molecule has 0 amide bonds. The summed E-state index contributed by atoms with van der Waals surface area (Å²) >= 11 is 0. The molecule has 0 radical (unpaired) electrons. The summed E-state index contributed by atoms with van der Waals surface area (Å²) in [6, 6.07) is 0. The van der Waals surface area contributed by atoms with Gasteiger partial charge in [-0.1, -0.05) is 31.9 Å². The lowest BCUT2D eigenvalue weighted by atomic mass is 9.87. The van der Waals surface area contributed by atoms with Crippen LogP contribution in [0.5, 0.6) is 0 Å². The van der Waals surface area contributed by atoms with E-state index >= 15 is 0 Å². The van der Waals surface area contributed by atoms with Gasteiger partial charge in [0.2, 0.25) is 0 Å². The fraction of sp³-hybridized carbons (Fsp3) is 0.733. The van der Waals surface area contributed by atoms with Gasteiger partial charge in [0.25, 0.3) is 0 Å². The standard InChI is InChI=1S/C15H28/c1-11(2)13(4)14(5)12(3)9-10-15(6,7)8/h9-10H2,1-8H3. The maximum atomic E-state index is 2.31. The van der Waals surface area contributed by atoms with Crippen molar-refractivity contribution in [2.45, 2.75) is 68.2 Å². The summed E-state index contributed by atoms with van der Waals surface area (Å²) < 4.78 is 0. The molecule has 0 heterocycles. The molecule has 0 saturated heterocycles. The second-order valence-electron chi connectivity index (χ2n) is 6.09. The molecule has 0 N–H and O–H groups in total. The van der Waals surface area contributed by atoms with E-state index in [0.717, 1.165) is 0 Å². The molecule has 0 atom stereocenters. The topological polar surface area (TPSA) is 0 Å². The minimum atomic E-state index is 0.445. The highest BCUT2D eigenvalue weighted by atomic mass is 14.2. The van der Waals surface area contributed by atoms with Gasteiger partial charge in [-0.2, -0.15) is 0 Å². The van der Waals surface area contributed by atoms with E-state index in [0.29, 0.717) is 5.41 Å². The molecule has 0 fully saturated rings. The van der Waals surface area contributed by atoms with Gasteiger partial charge >= 0.3 is 0 Å². The van der Waals surface area contributed by atoms with E-state index in [-0.39, 0.29) is 0 Å². The molecule has 0 rings (SSSR count). The Morgan fingerprint density at radius 3 is 1.60 bits per heavy atom. The highest BCUT2D eigenvalue weighted by molar-refractivity contribution is 5.34. The third kappa shape index (κ3) is 5.81. The predicted molar refractivity (Wildman–Crippen MR) is 71.1 cm³/mol. The van der Waals surface area contributed by atoms with Gasteiger partial charge in [-0.15, -0.1) is 0 Å². The van der Waals surface area contributed by atoms with Crippen LogP contribution in [0.1, 0.15) is 68.2 Å². The summed E-state index contributed by atoms with van der Waals surface area (Å²) in [6.45, 7) is 18.1.